The molecule has 198 valence electrons. The van der Waals surface area contributed by atoms with Crippen molar-refractivity contribution in [3.63, 3.8) is 0 Å². The van der Waals surface area contributed by atoms with Crippen molar-refractivity contribution in [1.29, 1.82) is 0 Å². The fourth-order valence-corrected chi connectivity index (χ4v) is 3.70. The Labute approximate surface area is 245 Å². The number of ketones is 2. The quantitative estimate of drug-likeness (QED) is 0.118. The van der Waals surface area contributed by atoms with Gasteiger partial charge in [0.25, 0.3) is 0 Å². The summed E-state index contributed by atoms with van der Waals surface area (Å²) in [6.45, 7) is 0. The minimum Gasteiger partial charge on any atom is -0.565 e. The third kappa shape index (κ3) is 8.66. The molecule has 6 rings (SSSR count). The van der Waals surface area contributed by atoms with Crippen LogP contribution in [0.15, 0.2) is 158 Å². The molecule has 0 aromatic heterocycles. The van der Waals surface area contributed by atoms with Crippen molar-refractivity contribution in [2.24, 2.45) is 0 Å². The number of carbonyl (C=O) groups is 2. The van der Waals surface area contributed by atoms with Crippen LogP contribution in [-0.4, -0.2) is 11.6 Å². The standard InChI is InChI=1S/2C12H9O.C10H8.2Fe/c2*13-12(11-8-4-5-9-11)10-6-2-1-3-7-10;1-2-6-9(5-1)10-7-3-4-8-10;;/h2*1-9H;1-8H;;/q2*-1;-6;;. The van der Waals surface area contributed by atoms with Crippen molar-refractivity contribution in [2.45, 2.75) is 0 Å². The maximum absolute atomic E-state index is 11.7. The summed E-state index contributed by atoms with van der Waals surface area (Å²) in [5, 5.41) is 0. The molecule has 0 bridgehead atoms. The molecular weight excluding hydrogens is 552 g/mol. The summed E-state index contributed by atoms with van der Waals surface area (Å²) in [5.74, 6) is 0.177. The van der Waals surface area contributed by atoms with E-state index in [2.05, 4.69) is 48.5 Å². The molecule has 0 N–H and O–H groups in total. The van der Waals surface area contributed by atoms with Crippen LogP contribution in [0.4, 0.5) is 0 Å². The minimum atomic E-state index is 0. The molecule has 0 fully saturated rings. The Balaban J connectivity index is 0.000000197. The molecule has 0 spiro atoms. The molecule has 6 aromatic carbocycles. The summed E-state index contributed by atoms with van der Waals surface area (Å²) < 4.78 is 0. The molecule has 0 aliphatic rings. The van der Waals surface area contributed by atoms with Crippen LogP contribution in [0.2, 0.25) is 0 Å². The van der Waals surface area contributed by atoms with Crippen LogP contribution in [0.5, 0.6) is 0 Å². The summed E-state index contributed by atoms with van der Waals surface area (Å²) in [7, 11) is 0. The van der Waals surface area contributed by atoms with Gasteiger partial charge < -0.3 is 69.2 Å². The summed E-state index contributed by atoms with van der Waals surface area (Å²) in [5.41, 5.74) is 5.62. The molecule has 0 aliphatic heterocycles. The first-order valence-corrected chi connectivity index (χ1v) is 11.8. The fraction of sp³-hybridized carbons (Fsp3) is 0. The smallest absolute Gasteiger partial charge is 0.112 e. The van der Waals surface area contributed by atoms with E-state index in [-0.39, 0.29) is 45.7 Å². The monoisotopic (exact) mass is 578 g/mol. The van der Waals surface area contributed by atoms with Crippen molar-refractivity contribution in [3.8, 4) is 11.1 Å². The number of benzene rings is 2. The van der Waals surface area contributed by atoms with Gasteiger partial charge in [-0.15, -0.1) is 24.3 Å². The SMILES string of the molecule is O=C(c1ccccc1)[c-]1cccc1.O=C(c1ccccc1)[c-]1cccc1.[Fe].[Fe].c1cc[c-](-[c-]2[cH-][cH-][cH-][cH-]2)c1. The average molecular weight is 578 g/mol. The third-order valence-electron chi connectivity index (χ3n) is 5.58. The maximum Gasteiger partial charge on any atom is 0.112 e. The molecule has 0 amide bonds. The fourth-order valence-electron chi connectivity index (χ4n) is 3.70. The first kappa shape index (κ1) is 30.4. The molecular formula is C34H26Fe2O2-8. The zero-order chi connectivity index (χ0) is 25.0. The number of rotatable bonds is 5. The van der Waals surface area contributed by atoms with Gasteiger partial charge in [0.05, 0.1) is 0 Å². The summed E-state index contributed by atoms with van der Waals surface area (Å²) in [6.07, 6.45) is 0. The van der Waals surface area contributed by atoms with E-state index in [1.165, 1.54) is 11.1 Å². The van der Waals surface area contributed by atoms with Gasteiger partial charge >= 0.3 is 0 Å². The van der Waals surface area contributed by atoms with Crippen LogP contribution in [0.3, 0.4) is 0 Å². The Morgan fingerprint density at radius 1 is 0.474 bits per heavy atom. The minimum absolute atomic E-state index is 0. The second kappa shape index (κ2) is 16.1. The molecule has 4 heteroatoms. The van der Waals surface area contributed by atoms with Crippen LogP contribution in [0.25, 0.3) is 11.1 Å². The summed E-state index contributed by atoms with van der Waals surface area (Å²) >= 11 is 0. The first-order valence-electron chi connectivity index (χ1n) is 11.8. The van der Waals surface area contributed by atoms with E-state index in [4.69, 9.17) is 0 Å². The van der Waals surface area contributed by atoms with Gasteiger partial charge in [0.15, 0.2) is 0 Å². The normalized spacial score (nSPS) is 9.37. The Morgan fingerprint density at radius 2 is 0.816 bits per heavy atom. The predicted octanol–water partition coefficient (Wildman–Crippen LogP) is 8.06. The molecule has 0 saturated carbocycles. The van der Waals surface area contributed by atoms with Crippen molar-refractivity contribution in [3.05, 3.63) is 180 Å². The van der Waals surface area contributed by atoms with Gasteiger partial charge in [-0.1, -0.05) is 82.9 Å². The Hall–Kier alpha value is -3.78. The van der Waals surface area contributed by atoms with Gasteiger partial charge in [0, 0.05) is 34.1 Å². The summed E-state index contributed by atoms with van der Waals surface area (Å²) in [6, 6.07) is 50.1. The van der Waals surface area contributed by atoms with Gasteiger partial charge in [-0.3, -0.25) is 0 Å². The Kier molecular flexibility index (Phi) is 12.9. The van der Waals surface area contributed by atoms with E-state index in [0.29, 0.717) is 0 Å². The molecule has 0 aliphatic carbocycles. The van der Waals surface area contributed by atoms with Gasteiger partial charge in [-0.05, 0) is 0 Å². The second-order valence-electron chi connectivity index (χ2n) is 8.08. The number of hydrogen-bond donors (Lipinski definition) is 0. The Bertz CT molecular complexity index is 1300. The van der Waals surface area contributed by atoms with E-state index in [9.17, 15) is 9.59 Å². The topological polar surface area (TPSA) is 34.1 Å². The van der Waals surface area contributed by atoms with Gasteiger partial charge in [-0.25, -0.2) is 0 Å². The van der Waals surface area contributed by atoms with Crippen molar-refractivity contribution >= 4 is 11.6 Å². The van der Waals surface area contributed by atoms with E-state index < -0.39 is 0 Å². The van der Waals surface area contributed by atoms with Crippen LogP contribution in [-0.2, 0) is 34.1 Å². The molecule has 0 atom stereocenters. The van der Waals surface area contributed by atoms with E-state index in [1.54, 1.807) is 0 Å². The molecule has 0 radical (unpaired) electrons. The van der Waals surface area contributed by atoms with Crippen LogP contribution in [0.1, 0.15) is 31.8 Å². The number of hydrogen-bond acceptors (Lipinski definition) is 2. The van der Waals surface area contributed by atoms with Crippen molar-refractivity contribution < 1.29 is 43.7 Å². The van der Waals surface area contributed by atoms with E-state index in [0.717, 1.165) is 22.3 Å². The van der Waals surface area contributed by atoms with Crippen molar-refractivity contribution in [2.75, 3.05) is 0 Å². The third-order valence-corrected chi connectivity index (χ3v) is 5.58. The van der Waals surface area contributed by atoms with Crippen molar-refractivity contribution in [1.82, 2.24) is 0 Å². The summed E-state index contributed by atoms with van der Waals surface area (Å²) in [4.78, 5) is 23.4. The van der Waals surface area contributed by atoms with Crippen LogP contribution < -0.4 is 0 Å². The van der Waals surface area contributed by atoms with Crippen LogP contribution >= 0.6 is 0 Å². The maximum atomic E-state index is 11.7. The Morgan fingerprint density at radius 3 is 1.18 bits per heavy atom. The van der Waals surface area contributed by atoms with Gasteiger partial charge in [0.2, 0.25) is 0 Å². The predicted molar refractivity (Wildman–Crippen MR) is 147 cm³/mol. The zero-order valence-corrected chi connectivity index (χ0v) is 22.7. The van der Waals surface area contributed by atoms with E-state index >= 15 is 0 Å². The molecule has 0 unspecified atom stereocenters. The average Bonchev–Trinajstić information content (AvgIpc) is 3.76. The van der Waals surface area contributed by atoms with Crippen LogP contribution in [0, 0.1) is 0 Å². The number of carbonyl (C=O) groups excluding carboxylic acids is 2. The van der Waals surface area contributed by atoms with E-state index in [1.807, 2.05) is 109 Å². The molecule has 0 saturated heterocycles. The molecule has 38 heavy (non-hydrogen) atoms. The molecule has 6 aromatic rings. The largest absolute Gasteiger partial charge is 0.565 e. The second-order valence-corrected chi connectivity index (χ2v) is 8.08. The molecule has 0 heterocycles. The van der Waals surface area contributed by atoms with Gasteiger partial charge in [-0.2, -0.15) is 24.3 Å². The van der Waals surface area contributed by atoms with Gasteiger partial charge in [0.1, 0.15) is 11.6 Å². The molecule has 2 nitrogen and oxygen atoms in total. The zero-order valence-electron chi connectivity index (χ0n) is 20.5. The first-order chi connectivity index (χ1) is 17.7.